The van der Waals surface area contributed by atoms with E-state index in [1.165, 1.54) is 33.0 Å². The normalized spacial score (nSPS) is 11.5. The van der Waals surface area contributed by atoms with E-state index in [-0.39, 0.29) is 0 Å². The monoisotopic (exact) mass is 908 g/mol. The molecule has 64 heavy (non-hydrogen) atoms. The van der Waals surface area contributed by atoms with Crippen LogP contribution in [-0.4, -0.2) is 39.2 Å². The minimum absolute atomic E-state index is 0.746. The van der Waals surface area contributed by atoms with Gasteiger partial charge in [0.15, 0.2) is 0 Å². The van der Waals surface area contributed by atoms with Gasteiger partial charge in [-0.1, -0.05) is 167 Å². The van der Waals surface area contributed by atoms with Gasteiger partial charge in [-0.2, -0.15) is 10.2 Å². The van der Waals surface area contributed by atoms with Crippen molar-refractivity contribution in [3.63, 3.8) is 0 Å². The number of hydrogen-bond donors (Lipinski definition) is 2. The first kappa shape index (κ1) is 40.0. The maximum atomic E-state index is 6.04. The molecule has 0 fully saturated rings. The van der Waals surface area contributed by atoms with E-state index in [0.29, 0.717) is 0 Å². The van der Waals surface area contributed by atoms with Gasteiger partial charge in [-0.05, 0) is 58.7 Å². The van der Waals surface area contributed by atoms with E-state index in [4.69, 9.17) is 43.4 Å². The Labute approximate surface area is 386 Å². The Bertz CT molecular complexity index is 3290. The fraction of sp³-hybridized carbons (Fsp3) is 0.0769. The van der Waals surface area contributed by atoms with Gasteiger partial charge in [-0.25, -0.2) is 19.0 Å². The summed E-state index contributed by atoms with van der Waals surface area (Å²) < 4.78 is 4.06. The minimum Gasteiger partial charge on any atom is -0.361 e. The van der Waals surface area contributed by atoms with Crippen LogP contribution in [0.3, 0.4) is 0 Å². The number of aromatic amines is 2. The Morgan fingerprint density at radius 2 is 0.828 bits per heavy atom. The van der Waals surface area contributed by atoms with Crippen LogP contribution >= 0.6 is 45.9 Å². The second-order valence-electron chi connectivity index (χ2n) is 15.6. The van der Waals surface area contributed by atoms with Crippen molar-refractivity contribution >= 4 is 77.6 Å². The molecular formula is C52H38Cl2N8S2. The highest BCUT2D eigenvalue weighted by Crippen LogP contribution is 2.33. The van der Waals surface area contributed by atoms with Crippen molar-refractivity contribution in [3.05, 3.63) is 224 Å². The van der Waals surface area contributed by atoms with Gasteiger partial charge >= 0.3 is 0 Å². The van der Waals surface area contributed by atoms with E-state index in [1.54, 1.807) is 22.7 Å². The quantitative estimate of drug-likeness (QED) is 0.143. The number of rotatable bonds is 10. The standard InChI is InChI=1S/2C26H19ClN4S/c2*27-20-12-10-17(11-13-20)14-24-30-31-23(15-19-16-28-22-9-5-4-8-21(19)22)25(29-26(31)32-24)18-6-2-1-3-7-18/h2*1-13,16,28H,14-15H2. The predicted octanol–water partition coefficient (Wildman–Crippen LogP) is 13.5. The van der Waals surface area contributed by atoms with E-state index >= 15 is 0 Å². The fourth-order valence-corrected chi connectivity index (χ4v) is 10.4. The van der Waals surface area contributed by atoms with Gasteiger partial charge < -0.3 is 9.97 Å². The molecule has 0 atom stereocenters. The molecule has 0 aliphatic carbocycles. The van der Waals surface area contributed by atoms with Crippen molar-refractivity contribution in [2.45, 2.75) is 25.7 Å². The molecule has 8 nitrogen and oxygen atoms in total. The molecule has 0 unspecified atom stereocenters. The maximum Gasteiger partial charge on any atom is 0.212 e. The van der Waals surface area contributed by atoms with Gasteiger partial charge in [0.2, 0.25) is 9.92 Å². The Balaban J connectivity index is 0.000000143. The first-order chi connectivity index (χ1) is 31.5. The highest BCUT2D eigenvalue weighted by molar-refractivity contribution is 7.17. The lowest BCUT2D eigenvalue weighted by Gasteiger charge is -2.04. The topological polar surface area (TPSA) is 92.0 Å². The van der Waals surface area contributed by atoms with Crippen molar-refractivity contribution < 1.29 is 0 Å². The molecule has 0 saturated heterocycles. The predicted molar refractivity (Wildman–Crippen MR) is 263 cm³/mol. The number of nitrogens with one attached hydrogen (secondary N) is 2. The maximum absolute atomic E-state index is 6.04. The van der Waals surface area contributed by atoms with Crippen molar-refractivity contribution in [3.8, 4) is 22.5 Å². The summed E-state index contributed by atoms with van der Waals surface area (Å²) in [4.78, 5) is 18.6. The molecule has 6 aromatic heterocycles. The molecule has 6 heterocycles. The number of imidazole rings is 2. The van der Waals surface area contributed by atoms with E-state index in [0.717, 1.165) is 101 Å². The zero-order valence-corrected chi connectivity index (χ0v) is 37.4. The summed E-state index contributed by atoms with van der Waals surface area (Å²) in [6.45, 7) is 0. The number of H-pyrrole nitrogens is 2. The summed E-state index contributed by atoms with van der Waals surface area (Å²) in [6, 6.07) is 53.4. The molecule has 0 radical (unpaired) electrons. The summed E-state index contributed by atoms with van der Waals surface area (Å²) in [5, 5.41) is 16.0. The molecule has 6 aromatic carbocycles. The minimum atomic E-state index is 0.746. The van der Waals surface area contributed by atoms with Gasteiger partial charge in [0.1, 0.15) is 10.0 Å². The Kier molecular flexibility index (Phi) is 10.9. The van der Waals surface area contributed by atoms with E-state index < -0.39 is 0 Å². The van der Waals surface area contributed by atoms with Gasteiger partial charge in [0.25, 0.3) is 0 Å². The number of fused-ring (bicyclic) bond motifs is 4. The van der Waals surface area contributed by atoms with Crippen LogP contribution in [0.5, 0.6) is 0 Å². The second-order valence-corrected chi connectivity index (χ2v) is 18.6. The number of hydrogen-bond acceptors (Lipinski definition) is 6. The molecule has 312 valence electrons. The molecule has 12 rings (SSSR count). The SMILES string of the molecule is Clc1ccc(Cc2nn3c(Cc4c[nH]c5ccccc45)c(-c4ccccc4)nc3s2)cc1.Clc1ccc(Cc2nn3c(Cc4c[nH]c5ccccc45)c(-c4ccccc4)nc3s2)cc1. The van der Waals surface area contributed by atoms with Crippen LogP contribution in [0, 0.1) is 0 Å². The molecule has 0 bridgehead atoms. The van der Waals surface area contributed by atoms with Crippen molar-refractivity contribution in [1.29, 1.82) is 0 Å². The molecule has 0 saturated carbocycles. The van der Waals surface area contributed by atoms with Crippen LogP contribution in [0.25, 0.3) is 54.2 Å². The summed E-state index contributed by atoms with van der Waals surface area (Å²) in [5.41, 5.74) is 13.6. The third-order valence-electron chi connectivity index (χ3n) is 11.4. The molecule has 12 heteroatoms. The van der Waals surface area contributed by atoms with Crippen LogP contribution in [0.15, 0.2) is 170 Å². The second kappa shape index (κ2) is 17.4. The number of nitrogens with zero attached hydrogens (tertiary/aromatic N) is 6. The number of para-hydroxylation sites is 2. The van der Waals surface area contributed by atoms with E-state index in [9.17, 15) is 0 Å². The van der Waals surface area contributed by atoms with Crippen LogP contribution in [0.1, 0.15) is 43.7 Å². The van der Waals surface area contributed by atoms with Gasteiger partial charge in [0, 0.05) is 81.1 Å². The molecule has 0 amide bonds. The van der Waals surface area contributed by atoms with Crippen LogP contribution in [-0.2, 0) is 25.7 Å². The first-order valence-electron chi connectivity index (χ1n) is 20.9. The van der Waals surface area contributed by atoms with Crippen LogP contribution in [0.4, 0.5) is 0 Å². The van der Waals surface area contributed by atoms with Crippen LogP contribution in [0.2, 0.25) is 10.0 Å². The fourth-order valence-electron chi connectivity index (χ4n) is 8.24. The Morgan fingerprint density at radius 1 is 0.438 bits per heavy atom. The van der Waals surface area contributed by atoms with Gasteiger partial charge in [-0.3, -0.25) is 0 Å². The Hall–Kier alpha value is -6.82. The third-order valence-corrected chi connectivity index (χ3v) is 13.7. The third kappa shape index (κ3) is 8.13. The number of aromatic nitrogens is 8. The average molecular weight is 910 g/mol. The molecule has 0 aliphatic rings. The highest BCUT2D eigenvalue weighted by Gasteiger charge is 2.22. The van der Waals surface area contributed by atoms with E-state index in [1.807, 2.05) is 45.4 Å². The Morgan fingerprint density at radius 3 is 1.25 bits per heavy atom. The van der Waals surface area contributed by atoms with Crippen LogP contribution < -0.4 is 0 Å². The lowest BCUT2D eigenvalue weighted by atomic mass is 10.0. The number of benzene rings is 6. The zero-order valence-electron chi connectivity index (χ0n) is 34.2. The van der Waals surface area contributed by atoms with Crippen molar-refractivity contribution in [2.24, 2.45) is 0 Å². The largest absolute Gasteiger partial charge is 0.361 e. The average Bonchev–Trinajstić information content (AvgIpc) is 4.20. The highest BCUT2D eigenvalue weighted by atomic mass is 35.5. The summed E-state index contributed by atoms with van der Waals surface area (Å²) in [6.07, 6.45) is 7.22. The van der Waals surface area contributed by atoms with Gasteiger partial charge in [0.05, 0.1) is 22.8 Å². The molecular weight excluding hydrogens is 872 g/mol. The van der Waals surface area contributed by atoms with Crippen molar-refractivity contribution in [1.82, 2.24) is 39.2 Å². The van der Waals surface area contributed by atoms with Gasteiger partial charge in [-0.15, -0.1) is 0 Å². The number of halogens is 2. The first-order valence-corrected chi connectivity index (χ1v) is 23.3. The lowest BCUT2D eigenvalue weighted by Crippen LogP contribution is -1.99. The molecule has 12 aromatic rings. The smallest absolute Gasteiger partial charge is 0.212 e. The lowest BCUT2D eigenvalue weighted by molar-refractivity contribution is 0.867. The molecule has 0 spiro atoms. The van der Waals surface area contributed by atoms with Crippen molar-refractivity contribution in [2.75, 3.05) is 0 Å². The summed E-state index contributed by atoms with van der Waals surface area (Å²) >= 11 is 15.4. The van der Waals surface area contributed by atoms with E-state index in [2.05, 4.69) is 144 Å². The summed E-state index contributed by atoms with van der Waals surface area (Å²) in [5.74, 6) is 0. The molecule has 0 aliphatic heterocycles. The summed E-state index contributed by atoms with van der Waals surface area (Å²) in [7, 11) is 0. The molecule has 2 N–H and O–H groups in total. The zero-order chi connectivity index (χ0) is 43.0.